The molecule has 2 heterocycles. The Balaban J connectivity index is 1.84. The molecule has 1 N–H and O–H groups in total. The average Bonchev–Trinajstić information content (AvgIpc) is 2.63. The van der Waals surface area contributed by atoms with Gasteiger partial charge in [-0.15, -0.1) is 0 Å². The first-order valence-corrected chi connectivity index (χ1v) is 6.60. The lowest BCUT2D eigenvalue weighted by molar-refractivity contribution is -0.0892. The van der Waals surface area contributed by atoms with E-state index in [0.29, 0.717) is 13.2 Å². The average molecular weight is 257 g/mol. The maximum Gasteiger partial charge on any atom is 0.407 e. The topological polar surface area (TPSA) is 56.8 Å². The van der Waals surface area contributed by atoms with Crippen LogP contribution in [0.3, 0.4) is 0 Å². The molecule has 1 spiro atoms. The monoisotopic (exact) mass is 257 g/mol. The van der Waals surface area contributed by atoms with Crippen molar-refractivity contribution >= 4 is 6.09 Å². The molecular weight excluding hydrogens is 234 g/mol. The van der Waals surface area contributed by atoms with Gasteiger partial charge in [-0.2, -0.15) is 0 Å². The Hall–Kier alpha value is -0.810. The molecule has 5 nitrogen and oxygen atoms in total. The number of alkyl carbamates (subject to hydrolysis) is 1. The molecule has 0 aromatic heterocycles. The van der Waals surface area contributed by atoms with Crippen LogP contribution >= 0.6 is 0 Å². The van der Waals surface area contributed by atoms with Gasteiger partial charge in [0.1, 0.15) is 5.60 Å². The molecule has 2 aliphatic rings. The van der Waals surface area contributed by atoms with Crippen LogP contribution in [0.25, 0.3) is 0 Å². The highest BCUT2D eigenvalue weighted by atomic mass is 16.6. The molecule has 0 aliphatic carbocycles. The highest BCUT2D eigenvalue weighted by Crippen LogP contribution is 2.32. The van der Waals surface area contributed by atoms with Crippen LogP contribution < -0.4 is 5.32 Å². The van der Waals surface area contributed by atoms with Crippen molar-refractivity contribution in [2.75, 3.05) is 19.8 Å². The lowest BCUT2D eigenvalue weighted by Gasteiger charge is -2.37. The Morgan fingerprint density at radius 3 is 2.78 bits per heavy atom. The van der Waals surface area contributed by atoms with Crippen molar-refractivity contribution in [1.29, 1.82) is 0 Å². The lowest BCUT2D eigenvalue weighted by Crippen LogP contribution is -2.49. The number of ether oxygens (including phenoxy) is 3. The van der Waals surface area contributed by atoms with E-state index in [9.17, 15) is 4.79 Å². The van der Waals surface area contributed by atoms with Crippen molar-refractivity contribution in [3.8, 4) is 0 Å². The molecule has 2 atom stereocenters. The van der Waals surface area contributed by atoms with Crippen LogP contribution in [-0.4, -0.2) is 43.2 Å². The van der Waals surface area contributed by atoms with E-state index >= 15 is 0 Å². The standard InChI is InChI=1S/C13H23NO4/c1-12(2,3)18-11(15)14-10-4-6-17-13(8-10)5-7-16-9-13/h10H,4-9H2,1-3H3,(H,14,15)/t10-,13+/m1/s1. The van der Waals surface area contributed by atoms with Crippen molar-refractivity contribution in [3.05, 3.63) is 0 Å². The number of rotatable bonds is 1. The second-order valence-electron chi connectivity index (χ2n) is 6.17. The second-order valence-corrected chi connectivity index (χ2v) is 6.17. The summed E-state index contributed by atoms with van der Waals surface area (Å²) in [6, 6.07) is 0.121. The van der Waals surface area contributed by atoms with Crippen LogP contribution in [0.4, 0.5) is 4.79 Å². The van der Waals surface area contributed by atoms with E-state index in [1.807, 2.05) is 20.8 Å². The molecule has 0 aromatic carbocycles. The first kappa shape index (κ1) is 13.6. The molecule has 0 unspecified atom stereocenters. The van der Waals surface area contributed by atoms with Crippen molar-refractivity contribution in [1.82, 2.24) is 5.32 Å². The van der Waals surface area contributed by atoms with Gasteiger partial charge in [0.2, 0.25) is 0 Å². The first-order valence-electron chi connectivity index (χ1n) is 6.60. The van der Waals surface area contributed by atoms with Gasteiger partial charge in [-0.3, -0.25) is 0 Å². The highest BCUT2D eigenvalue weighted by molar-refractivity contribution is 5.68. The summed E-state index contributed by atoms with van der Waals surface area (Å²) in [5.74, 6) is 0. The molecule has 104 valence electrons. The fraction of sp³-hybridized carbons (Fsp3) is 0.923. The minimum atomic E-state index is -0.455. The zero-order chi connectivity index (χ0) is 13.2. The normalized spacial score (nSPS) is 32.5. The summed E-state index contributed by atoms with van der Waals surface area (Å²) >= 11 is 0. The summed E-state index contributed by atoms with van der Waals surface area (Å²) in [5, 5.41) is 2.93. The van der Waals surface area contributed by atoms with E-state index in [0.717, 1.165) is 25.9 Å². The largest absolute Gasteiger partial charge is 0.444 e. The van der Waals surface area contributed by atoms with Gasteiger partial charge in [0.05, 0.1) is 12.2 Å². The molecule has 2 saturated heterocycles. The molecule has 0 radical (unpaired) electrons. The maximum atomic E-state index is 11.7. The van der Waals surface area contributed by atoms with Crippen LogP contribution in [0.15, 0.2) is 0 Å². The van der Waals surface area contributed by atoms with Crippen LogP contribution in [0.1, 0.15) is 40.0 Å². The van der Waals surface area contributed by atoms with E-state index in [1.165, 1.54) is 0 Å². The van der Waals surface area contributed by atoms with E-state index in [2.05, 4.69) is 5.32 Å². The number of carbonyl (C=O) groups is 1. The first-order chi connectivity index (χ1) is 8.39. The summed E-state index contributed by atoms with van der Waals surface area (Å²) < 4.78 is 16.5. The predicted octanol–water partition coefficient (Wildman–Crippen LogP) is 1.85. The zero-order valence-corrected chi connectivity index (χ0v) is 11.5. The van der Waals surface area contributed by atoms with E-state index in [1.54, 1.807) is 0 Å². The fourth-order valence-electron chi connectivity index (χ4n) is 2.49. The fourth-order valence-corrected chi connectivity index (χ4v) is 2.49. The summed E-state index contributed by atoms with van der Waals surface area (Å²) in [6.45, 7) is 7.65. The molecule has 2 fully saturated rings. The molecule has 0 saturated carbocycles. The quantitative estimate of drug-likeness (QED) is 0.779. The third-order valence-corrected chi connectivity index (χ3v) is 3.28. The molecular formula is C13H23NO4. The Bertz CT molecular complexity index is 305. The van der Waals surface area contributed by atoms with E-state index in [-0.39, 0.29) is 17.7 Å². The summed E-state index contributed by atoms with van der Waals surface area (Å²) in [6.07, 6.45) is 2.22. The number of nitrogens with one attached hydrogen (secondary N) is 1. The minimum Gasteiger partial charge on any atom is -0.444 e. The summed E-state index contributed by atoms with van der Waals surface area (Å²) in [5.41, 5.74) is -0.638. The van der Waals surface area contributed by atoms with Gasteiger partial charge in [0, 0.05) is 25.7 Å². The number of amides is 1. The third kappa shape index (κ3) is 3.59. The van der Waals surface area contributed by atoms with Crippen molar-refractivity contribution in [2.45, 2.75) is 57.3 Å². The smallest absolute Gasteiger partial charge is 0.407 e. The second kappa shape index (κ2) is 5.05. The highest BCUT2D eigenvalue weighted by Gasteiger charge is 2.41. The Morgan fingerprint density at radius 2 is 2.17 bits per heavy atom. The van der Waals surface area contributed by atoms with E-state index in [4.69, 9.17) is 14.2 Å². The Kier molecular flexibility index (Phi) is 3.82. The van der Waals surface area contributed by atoms with Gasteiger partial charge in [0.15, 0.2) is 0 Å². The van der Waals surface area contributed by atoms with Gasteiger partial charge >= 0.3 is 6.09 Å². The molecule has 18 heavy (non-hydrogen) atoms. The number of carbonyl (C=O) groups excluding carboxylic acids is 1. The SMILES string of the molecule is CC(C)(C)OC(=O)N[C@@H]1CCO[C@@]2(CCOC2)C1. The van der Waals surface area contributed by atoms with Crippen LogP contribution in [0.5, 0.6) is 0 Å². The number of hydrogen-bond acceptors (Lipinski definition) is 4. The minimum absolute atomic E-state index is 0.121. The van der Waals surface area contributed by atoms with Gasteiger partial charge in [-0.05, 0) is 33.6 Å². The Morgan fingerprint density at radius 1 is 1.39 bits per heavy atom. The maximum absolute atomic E-state index is 11.7. The van der Waals surface area contributed by atoms with E-state index < -0.39 is 5.60 Å². The van der Waals surface area contributed by atoms with Gasteiger partial charge in [0.25, 0.3) is 0 Å². The van der Waals surface area contributed by atoms with Crippen LogP contribution in [-0.2, 0) is 14.2 Å². The summed E-state index contributed by atoms with van der Waals surface area (Å²) in [4.78, 5) is 11.7. The van der Waals surface area contributed by atoms with Gasteiger partial charge < -0.3 is 19.5 Å². The Labute approximate surface area is 108 Å². The van der Waals surface area contributed by atoms with Crippen molar-refractivity contribution in [3.63, 3.8) is 0 Å². The van der Waals surface area contributed by atoms with Gasteiger partial charge in [-0.25, -0.2) is 4.79 Å². The molecule has 2 aliphatic heterocycles. The summed E-state index contributed by atoms with van der Waals surface area (Å²) in [7, 11) is 0. The molecule has 5 heteroatoms. The molecule has 0 bridgehead atoms. The van der Waals surface area contributed by atoms with Crippen LogP contribution in [0, 0.1) is 0 Å². The van der Waals surface area contributed by atoms with Gasteiger partial charge in [-0.1, -0.05) is 0 Å². The molecule has 2 rings (SSSR count). The molecule has 1 amide bonds. The van der Waals surface area contributed by atoms with Crippen LogP contribution in [0.2, 0.25) is 0 Å². The number of hydrogen-bond donors (Lipinski definition) is 1. The zero-order valence-electron chi connectivity index (χ0n) is 11.5. The lowest BCUT2D eigenvalue weighted by atomic mass is 9.90. The predicted molar refractivity (Wildman–Crippen MR) is 66.5 cm³/mol. The van der Waals surface area contributed by atoms with Crippen molar-refractivity contribution in [2.24, 2.45) is 0 Å². The van der Waals surface area contributed by atoms with Crippen molar-refractivity contribution < 1.29 is 19.0 Å². The molecule has 0 aromatic rings. The third-order valence-electron chi connectivity index (χ3n) is 3.28.